The molecule has 4 heterocycles. The second-order valence-electron chi connectivity index (χ2n) is 10.2. The molecular formula is C23H28O11. The summed E-state index contributed by atoms with van der Waals surface area (Å²) in [7, 11) is 0. The Kier molecular flexibility index (Phi) is 4.81. The smallest absolute Gasteiger partial charge is 0.338 e. The summed E-state index contributed by atoms with van der Waals surface area (Å²) in [6.45, 7) is 0.985. The zero-order valence-corrected chi connectivity index (χ0v) is 18.4. The Morgan fingerprint density at radius 3 is 2.56 bits per heavy atom. The Balaban J connectivity index is 1.32. The molecule has 11 atom stereocenters. The van der Waals surface area contributed by atoms with E-state index in [1.54, 1.807) is 37.3 Å². The third kappa shape index (κ3) is 2.59. The van der Waals surface area contributed by atoms with Gasteiger partial charge in [-0.05, 0) is 25.5 Å². The first-order valence-corrected chi connectivity index (χ1v) is 11.4. The Morgan fingerprint density at radius 1 is 1.12 bits per heavy atom. The summed E-state index contributed by atoms with van der Waals surface area (Å²) < 4.78 is 29.7. The van der Waals surface area contributed by atoms with E-state index in [2.05, 4.69) is 0 Å². The number of aliphatic hydroxyl groups excluding tert-OH is 4. The third-order valence-corrected chi connectivity index (χ3v) is 8.57. The molecule has 11 heteroatoms. The molecule has 0 amide bonds. The van der Waals surface area contributed by atoms with Crippen LogP contribution in [-0.4, -0.2) is 98.7 Å². The molecule has 0 aromatic heterocycles. The number of benzene rings is 1. The van der Waals surface area contributed by atoms with Gasteiger partial charge in [0, 0.05) is 12.3 Å². The fourth-order valence-corrected chi connectivity index (χ4v) is 6.87. The first kappa shape index (κ1) is 22.8. The molecule has 1 unspecified atom stereocenters. The van der Waals surface area contributed by atoms with E-state index < -0.39 is 77.9 Å². The number of esters is 1. The van der Waals surface area contributed by atoms with Crippen molar-refractivity contribution >= 4 is 5.97 Å². The van der Waals surface area contributed by atoms with Crippen molar-refractivity contribution in [1.82, 2.24) is 0 Å². The molecule has 4 aliphatic heterocycles. The summed E-state index contributed by atoms with van der Waals surface area (Å²) in [5.41, 5.74) is -2.99. The number of hydrogen-bond acceptors (Lipinski definition) is 11. The van der Waals surface area contributed by atoms with E-state index in [0.29, 0.717) is 5.56 Å². The highest BCUT2D eigenvalue weighted by Gasteiger charge is 2.94. The van der Waals surface area contributed by atoms with Crippen molar-refractivity contribution in [2.75, 3.05) is 13.2 Å². The minimum absolute atomic E-state index is 0.0902. The largest absolute Gasteiger partial charge is 0.461 e. The summed E-state index contributed by atoms with van der Waals surface area (Å²) in [5, 5.41) is 51.7. The monoisotopic (exact) mass is 480 g/mol. The van der Waals surface area contributed by atoms with Crippen molar-refractivity contribution in [3.05, 3.63) is 35.9 Å². The molecule has 6 bridgehead atoms. The standard InChI is InChI=1S/C23H28O11/c1-20-9-22(29)13-7-23(20,32-18-16(27)15(26)14(25)12(8-24)31-18)21(13,19(33-20)34-22)10-30-17(28)11-5-3-2-4-6-11/h2-6,12-16,18-19,24-27,29H,7-10H2,1H3/t12-,13-,14-,15+,16-,18+,19-,20+,21?,22-,23+/m1/s1. The Labute approximate surface area is 194 Å². The fraction of sp³-hybridized carbons (Fsp3) is 0.696. The SMILES string of the molecule is C[C@@]12C[C@@]3(O)O[C@@H](O1)C1(COC(=O)c4ccccc4)[C@H]3C[C@@]12O[C@@H]1O[C@H](CO)[C@@H](O)[C@H](O)[C@H]1O. The van der Waals surface area contributed by atoms with E-state index in [-0.39, 0.29) is 19.4 Å². The molecule has 5 N–H and O–H groups in total. The number of hydrogen-bond donors (Lipinski definition) is 5. The third-order valence-electron chi connectivity index (χ3n) is 8.57. The molecule has 4 saturated heterocycles. The highest BCUT2D eigenvalue weighted by atomic mass is 16.8. The van der Waals surface area contributed by atoms with Gasteiger partial charge in [0.15, 0.2) is 18.4 Å². The summed E-state index contributed by atoms with van der Waals surface area (Å²) in [6, 6.07) is 8.47. The van der Waals surface area contributed by atoms with Crippen LogP contribution in [0.15, 0.2) is 30.3 Å². The van der Waals surface area contributed by atoms with Gasteiger partial charge in [0.2, 0.25) is 0 Å². The van der Waals surface area contributed by atoms with Crippen molar-refractivity contribution in [3.63, 3.8) is 0 Å². The Morgan fingerprint density at radius 2 is 1.85 bits per heavy atom. The topological polar surface area (TPSA) is 164 Å². The van der Waals surface area contributed by atoms with Gasteiger partial charge in [-0.1, -0.05) is 18.2 Å². The lowest BCUT2D eigenvalue weighted by molar-refractivity contribution is -0.424. The summed E-state index contributed by atoms with van der Waals surface area (Å²) >= 11 is 0. The van der Waals surface area contributed by atoms with Gasteiger partial charge in [0.05, 0.1) is 17.6 Å². The van der Waals surface area contributed by atoms with E-state index in [4.69, 9.17) is 23.7 Å². The van der Waals surface area contributed by atoms with E-state index in [9.17, 15) is 30.3 Å². The minimum Gasteiger partial charge on any atom is -0.461 e. The maximum Gasteiger partial charge on any atom is 0.338 e. The minimum atomic E-state index is -1.61. The van der Waals surface area contributed by atoms with Gasteiger partial charge in [0.25, 0.3) is 0 Å². The quantitative estimate of drug-likeness (QED) is 0.306. The molecule has 3 saturated carbocycles. The van der Waals surface area contributed by atoms with Gasteiger partial charge >= 0.3 is 5.97 Å². The molecule has 186 valence electrons. The number of carbonyl (C=O) groups excluding carboxylic acids is 1. The van der Waals surface area contributed by atoms with E-state index >= 15 is 0 Å². The number of aliphatic hydroxyl groups is 5. The van der Waals surface area contributed by atoms with E-state index in [1.165, 1.54) is 0 Å². The Hall–Kier alpha value is -1.67. The molecule has 1 aromatic carbocycles. The summed E-state index contributed by atoms with van der Waals surface area (Å²) in [5.74, 6) is -2.49. The van der Waals surface area contributed by atoms with Crippen molar-refractivity contribution in [1.29, 1.82) is 0 Å². The molecule has 0 spiro atoms. The van der Waals surface area contributed by atoms with Gasteiger partial charge in [-0.25, -0.2) is 4.79 Å². The molecule has 1 aromatic rings. The predicted octanol–water partition coefficient (Wildman–Crippen LogP) is -1.36. The predicted molar refractivity (Wildman–Crippen MR) is 109 cm³/mol. The van der Waals surface area contributed by atoms with Crippen LogP contribution >= 0.6 is 0 Å². The van der Waals surface area contributed by atoms with Crippen molar-refractivity contribution in [2.24, 2.45) is 11.3 Å². The number of carbonyl (C=O) groups is 1. The van der Waals surface area contributed by atoms with Gasteiger partial charge in [-0.3, -0.25) is 0 Å². The van der Waals surface area contributed by atoms with Crippen LogP contribution in [-0.2, 0) is 23.7 Å². The second kappa shape index (κ2) is 7.19. The average Bonchev–Trinajstić information content (AvgIpc) is 3.00. The summed E-state index contributed by atoms with van der Waals surface area (Å²) in [4.78, 5) is 12.7. The van der Waals surface area contributed by atoms with E-state index in [1.807, 2.05) is 0 Å². The molecule has 8 rings (SSSR count). The second-order valence-corrected chi connectivity index (χ2v) is 10.2. The molecule has 0 radical (unpaired) electrons. The van der Waals surface area contributed by atoms with Crippen LogP contribution in [0.1, 0.15) is 30.1 Å². The maximum absolute atomic E-state index is 12.7. The van der Waals surface area contributed by atoms with Crippen LogP contribution < -0.4 is 0 Å². The Bertz CT molecular complexity index is 988. The zero-order chi connectivity index (χ0) is 24.1. The van der Waals surface area contributed by atoms with Gasteiger partial charge in [-0.2, -0.15) is 0 Å². The van der Waals surface area contributed by atoms with Crippen LogP contribution in [0, 0.1) is 11.3 Å². The molecule has 7 fully saturated rings. The molecular weight excluding hydrogens is 452 g/mol. The molecule has 34 heavy (non-hydrogen) atoms. The highest BCUT2D eigenvalue weighted by molar-refractivity contribution is 5.89. The number of ether oxygens (including phenoxy) is 5. The maximum atomic E-state index is 12.7. The highest BCUT2D eigenvalue weighted by Crippen LogP contribution is 2.81. The average molecular weight is 480 g/mol. The number of rotatable bonds is 6. The van der Waals surface area contributed by atoms with Gasteiger partial charge in [0.1, 0.15) is 42.2 Å². The molecule has 11 nitrogen and oxygen atoms in total. The lowest BCUT2D eigenvalue weighted by atomic mass is 9.41. The first-order valence-electron chi connectivity index (χ1n) is 11.4. The lowest BCUT2D eigenvalue weighted by Crippen LogP contribution is -2.80. The van der Waals surface area contributed by atoms with E-state index in [0.717, 1.165) is 0 Å². The van der Waals surface area contributed by atoms with Crippen LogP contribution in [0.5, 0.6) is 0 Å². The van der Waals surface area contributed by atoms with Crippen molar-refractivity contribution < 1.29 is 54.0 Å². The van der Waals surface area contributed by atoms with Crippen molar-refractivity contribution in [2.45, 2.75) is 73.8 Å². The first-order chi connectivity index (χ1) is 16.1. The van der Waals surface area contributed by atoms with Crippen LogP contribution in [0.25, 0.3) is 0 Å². The van der Waals surface area contributed by atoms with Crippen LogP contribution in [0.4, 0.5) is 0 Å². The van der Waals surface area contributed by atoms with Gasteiger partial charge < -0.3 is 49.2 Å². The lowest BCUT2D eigenvalue weighted by Gasteiger charge is -2.67. The zero-order valence-electron chi connectivity index (χ0n) is 18.4. The van der Waals surface area contributed by atoms with Gasteiger partial charge in [-0.15, -0.1) is 0 Å². The normalized spacial score (nSPS) is 52.5. The molecule has 3 aliphatic carbocycles. The fourth-order valence-electron chi connectivity index (χ4n) is 6.87. The summed E-state index contributed by atoms with van der Waals surface area (Å²) in [6.07, 6.45) is -7.87. The van der Waals surface area contributed by atoms with Crippen LogP contribution in [0.2, 0.25) is 0 Å². The van der Waals surface area contributed by atoms with Crippen LogP contribution in [0.3, 0.4) is 0 Å². The van der Waals surface area contributed by atoms with Crippen molar-refractivity contribution in [3.8, 4) is 0 Å². The molecule has 7 aliphatic rings.